The van der Waals surface area contributed by atoms with Gasteiger partial charge in [0.05, 0.1) is 12.6 Å². The van der Waals surface area contributed by atoms with E-state index >= 15 is 0 Å². The molecule has 1 heterocycles. The Balaban J connectivity index is 2.18. The molecule has 2 rings (SSSR count). The maximum atomic E-state index is 12.2. The van der Waals surface area contributed by atoms with Crippen molar-refractivity contribution in [2.75, 3.05) is 13.2 Å². The SMILES string of the molecule is O=C(c1cccc(I)c1)N1CCC[C@H]1CO. The molecule has 1 saturated heterocycles. The first-order valence-corrected chi connectivity index (χ1v) is 6.47. The van der Waals surface area contributed by atoms with Crippen molar-refractivity contribution in [3.63, 3.8) is 0 Å². The van der Waals surface area contributed by atoms with Gasteiger partial charge in [0, 0.05) is 15.7 Å². The summed E-state index contributed by atoms with van der Waals surface area (Å²) in [6.45, 7) is 0.825. The van der Waals surface area contributed by atoms with Gasteiger partial charge in [0.1, 0.15) is 0 Å². The molecule has 0 aromatic heterocycles. The van der Waals surface area contributed by atoms with Gasteiger partial charge < -0.3 is 10.0 Å². The number of aliphatic hydroxyl groups is 1. The summed E-state index contributed by atoms with van der Waals surface area (Å²) < 4.78 is 1.06. The van der Waals surface area contributed by atoms with E-state index in [0.717, 1.165) is 23.0 Å². The van der Waals surface area contributed by atoms with Gasteiger partial charge in [-0.2, -0.15) is 0 Å². The quantitative estimate of drug-likeness (QED) is 0.841. The van der Waals surface area contributed by atoms with Crippen LogP contribution >= 0.6 is 22.6 Å². The van der Waals surface area contributed by atoms with Gasteiger partial charge in [0.2, 0.25) is 0 Å². The molecule has 0 bridgehead atoms. The van der Waals surface area contributed by atoms with Crippen LogP contribution in [0.1, 0.15) is 23.2 Å². The fourth-order valence-electron chi connectivity index (χ4n) is 2.08. The molecule has 1 aliphatic heterocycles. The van der Waals surface area contributed by atoms with Crippen molar-refractivity contribution in [3.05, 3.63) is 33.4 Å². The van der Waals surface area contributed by atoms with Crippen LogP contribution in [0.3, 0.4) is 0 Å². The summed E-state index contributed by atoms with van der Waals surface area (Å²) in [5.41, 5.74) is 0.715. The molecular formula is C12H14INO2. The van der Waals surface area contributed by atoms with Gasteiger partial charge >= 0.3 is 0 Å². The van der Waals surface area contributed by atoms with Crippen LogP contribution in [0.25, 0.3) is 0 Å². The van der Waals surface area contributed by atoms with E-state index in [1.807, 2.05) is 24.3 Å². The van der Waals surface area contributed by atoms with Gasteiger partial charge in [-0.1, -0.05) is 6.07 Å². The molecule has 1 atom stereocenters. The van der Waals surface area contributed by atoms with Gasteiger partial charge in [0.25, 0.3) is 5.91 Å². The number of amides is 1. The van der Waals surface area contributed by atoms with E-state index in [9.17, 15) is 9.90 Å². The summed E-state index contributed by atoms with van der Waals surface area (Å²) in [4.78, 5) is 14.0. The van der Waals surface area contributed by atoms with Crippen LogP contribution < -0.4 is 0 Å². The predicted molar refractivity (Wildman–Crippen MR) is 70.3 cm³/mol. The minimum absolute atomic E-state index is 0.00497. The van der Waals surface area contributed by atoms with E-state index in [2.05, 4.69) is 22.6 Å². The molecule has 1 fully saturated rings. The molecule has 0 aliphatic carbocycles. The Kier molecular flexibility index (Phi) is 3.81. The molecule has 0 saturated carbocycles. The fourth-order valence-corrected chi connectivity index (χ4v) is 2.62. The van der Waals surface area contributed by atoms with E-state index in [0.29, 0.717) is 5.56 Å². The van der Waals surface area contributed by atoms with Crippen LogP contribution in [0.4, 0.5) is 0 Å². The number of hydrogen-bond donors (Lipinski definition) is 1. The molecule has 3 nitrogen and oxygen atoms in total. The molecule has 1 aromatic carbocycles. The number of benzene rings is 1. The topological polar surface area (TPSA) is 40.5 Å². The Morgan fingerprint density at radius 2 is 2.38 bits per heavy atom. The molecule has 4 heteroatoms. The molecular weight excluding hydrogens is 317 g/mol. The third-order valence-electron chi connectivity index (χ3n) is 2.92. The zero-order valence-corrected chi connectivity index (χ0v) is 11.1. The van der Waals surface area contributed by atoms with Crippen LogP contribution in [-0.2, 0) is 0 Å². The smallest absolute Gasteiger partial charge is 0.254 e. The Hall–Kier alpha value is -0.620. The molecule has 1 aliphatic rings. The zero-order chi connectivity index (χ0) is 11.5. The van der Waals surface area contributed by atoms with E-state index in [-0.39, 0.29) is 18.6 Å². The molecule has 1 N–H and O–H groups in total. The molecule has 0 unspecified atom stereocenters. The second-order valence-corrected chi connectivity index (χ2v) is 5.23. The number of aliphatic hydroxyl groups excluding tert-OH is 1. The maximum absolute atomic E-state index is 12.2. The second kappa shape index (κ2) is 5.14. The molecule has 1 amide bonds. The zero-order valence-electron chi connectivity index (χ0n) is 8.90. The van der Waals surface area contributed by atoms with E-state index in [4.69, 9.17) is 0 Å². The lowest BCUT2D eigenvalue weighted by molar-refractivity contribution is 0.0677. The van der Waals surface area contributed by atoms with Crippen molar-refractivity contribution in [1.29, 1.82) is 0 Å². The van der Waals surface area contributed by atoms with Crippen LogP contribution in [0.2, 0.25) is 0 Å². The monoisotopic (exact) mass is 331 g/mol. The predicted octanol–water partition coefficient (Wildman–Crippen LogP) is 1.89. The lowest BCUT2D eigenvalue weighted by Crippen LogP contribution is -2.37. The second-order valence-electron chi connectivity index (χ2n) is 3.99. The van der Waals surface area contributed by atoms with Crippen LogP contribution in [0.15, 0.2) is 24.3 Å². The lowest BCUT2D eigenvalue weighted by Gasteiger charge is -2.23. The number of halogens is 1. The van der Waals surface area contributed by atoms with Crippen LogP contribution in [-0.4, -0.2) is 35.1 Å². The van der Waals surface area contributed by atoms with E-state index in [1.54, 1.807) is 4.90 Å². The Labute approximate surface area is 109 Å². The fraction of sp³-hybridized carbons (Fsp3) is 0.417. The van der Waals surface area contributed by atoms with Crippen LogP contribution in [0, 0.1) is 3.57 Å². The largest absolute Gasteiger partial charge is 0.394 e. The molecule has 86 valence electrons. The summed E-state index contributed by atoms with van der Waals surface area (Å²) in [6.07, 6.45) is 1.90. The van der Waals surface area contributed by atoms with Crippen molar-refractivity contribution >= 4 is 28.5 Å². The number of hydrogen-bond acceptors (Lipinski definition) is 2. The highest BCUT2D eigenvalue weighted by molar-refractivity contribution is 14.1. The summed E-state index contributed by atoms with van der Waals surface area (Å²) >= 11 is 2.20. The first-order valence-electron chi connectivity index (χ1n) is 5.40. The van der Waals surface area contributed by atoms with E-state index in [1.165, 1.54) is 0 Å². The highest BCUT2D eigenvalue weighted by Crippen LogP contribution is 2.20. The van der Waals surface area contributed by atoms with Crippen molar-refractivity contribution in [2.45, 2.75) is 18.9 Å². The van der Waals surface area contributed by atoms with Gasteiger partial charge in [-0.25, -0.2) is 0 Å². The van der Waals surface area contributed by atoms with Crippen molar-refractivity contribution < 1.29 is 9.90 Å². The summed E-state index contributed by atoms with van der Waals surface area (Å²) in [6, 6.07) is 7.57. The summed E-state index contributed by atoms with van der Waals surface area (Å²) in [5.74, 6) is 0.0371. The minimum atomic E-state index is 0.00497. The number of carbonyl (C=O) groups excluding carboxylic acids is 1. The Bertz CT molecular complexity index is 394. The van der Waals surface area contributed by atoms with Crippen molar-refractivity contribution in [1.82, 2.24) is 4.90 Å². The van der Waals surface area contributed by atoms with Crippen molar-refractivity contribution in [3.8, 4) is 0 Å². The number of likely N-dealkylation sites (tertiary alicyclic amines) is 1. The third-order valence-corrected chi connectivity index (χ3v) is 3.59. The standard InChI is InChI=1S/C12H14INO2/c13-10-4-1-3-9(7-10)12(16)14-6-2-5-11(14)8-15/h1,3-4,7,11,15H,2,5-6,8H2/t11-/m0/s1. The van der Waals surface area contributed by atoms with Crippen molar-refractivity contribution in [2.24, 2.45) is 0 Å². The summed E-state index contributed by atoms with van der Waals surface area (Å²) in [5, 5.41) is 9.19. The average molecular weight is 331 g/mol. The first-order chi connectivity index (χ1) is 7.72. The average Bonchev–Trinajstić information content (AvgIpc) is 2.76. The molecule has 0 radical (unpaired) electrons. The Morgan fingerprint density at radius 3 is 3.06 bits per heavy atom. The van der Waals surface area contributed by atoms with E-state index < -0.39 is 0 Å². The third kappa shape index (κ3) is 2.38. The van der Waals surface area contributed by atoms with Crippen LogP contribution in [0.5, 0.6) is 0 Å². The lowest BCUT2D eigenvalue weighted by atomic mass is 10.2. The van der Waals surface area contributed by atoms with Gasteiger partial charge in [-0.3, -0.25) is 4.79 Å². The minimum Gasteiger partial charge on any atom is -0.394 e. The highest BCUT2D eigenvalue weighted by atomic mass is 127. The van der Waals surface area contributed by atoms with Gasteiger partial charge in [0.15, 0.2) is 0 Å². The number of nitrogens with zero attached hydrogens (tertiary/aromatic N) is 1. The van der Waals surface area contributed by atoms with Gasteiger partial charge in [-0.05, 0) is 53.6 Å². The maximum Gasteiger partial charge on any atom is 0.254 e. The summed E-state index contributed by atoms with van der Waals surface area (Å²) in [7, 11) is 0. The highest BCUT2D eigenvalue weighted by Gasteiger charge is 2.28. The molecule has 1 aromatic rings. The number of rotatable bonds is 2. The molecule has 16 heavy (non-hydrogen) atoms. The molecule has 0 spiro atoms. The normalized spacial score (nSPS) is 20.1. The first kappa shape index (κ1) is 11.9. The van der Waals surface area contributed by atoms with Gasteiger partial charge in [-0.15, -0.1) is 0 Å². The Morgan fingerprint density at radius 1 is 1.56 bits per heavy atom. The number of carbonyl (C=O) groups is 1.